The lowest BCUT2D eigenvalue weighted by atomic mass is 10.2. The standard InChI is InChI=1S/C13H7Cl2F3O/c14-8-1-3-9(4-2-8)19-10-5-6-11(12(15)7-10)13(16,17)18/h1-7H. The molecule has 0 fully saturated rings. The molecule has 0 amide bonds. The second kappa shape index (κ2) is 5.31. The minimum absolute atomic E-state index is 0.223. The van der Waals surface area contributed by atoms with Crippen molar-refractivity contribution in [2.24, 2.45) is 0 Å². The highest BCUT2D eigenvalue weighted by molar-refractivity contribution is 6.31. The van der Waals surface area contributed by atoms with E-state index in [0.717, 1.165) is 12.1 Å². The van der Waals surface area contributed by atoms with Gasteiger partial charge in [0.05, 0.1) is 10.6 Å². The summed E-state index contributed by atoms with van der Waals surface area (Å²) in [5, 5.41) is 0.136. The van der Waals surface area contributed by atoms with Crippen LogP contribution >= 0.6 is 23.2 Å². The molecule has 0 atom stereocenters. The first-order valence-electron chi connectivity index (χ1n) is 5.16. The van der Waals surface area contributed by atoms with Crippen molar-refractivity contribution in [2.45, 2.75) is 6.18 Å². The molecule has 0 aliphatic rings. The van der Waals surface area contributed by atoms with Gasteiger partial charge in [-0.3, -0.25) is 0 Å². The van der Waals surface area contributed by atoms with Crippen LogP contribution in [0.2, 0.25) is 10.0 Å². The summed E-state index contributed by atoms with van der Waals surface area (Å²) >= 11 is 11.3. The third kappa shape index (κ3) is 3.55. The van der Waals surface area contributed by atoms with E-state index in [9.17, 15) is 13.2 Å². The second-order valence-electron chi connectivity index (χ2n) is 3.70. The van der Waals surface area contributed by atoms with E-state index < -0.39 is 16.8 Å². The Morgan fingerprint density at radius 1 is 0.842 bits per heavy atom. The number of alkyl halides is 3. The van der Waals surface area contributed by atoms with Gasteiger partial charge in [-0.1, -0.05) is 23.2 Å². The van der Waals surface area contributed by atoms with E-state index in [-0.39, 0.29) is 5.75 Å². The summed E-state index contributed by atoms with van der Waals surface area (Å²) in [5.74, 6) is 0.681. The summed E-state index contributed by atoms with van der Waals surface area (Å²) in [6, 6.07) is 9.66. The number of ether oxygens (including phenoxy) is 1. The quantitative estimate of drug-likeness (QED) is 0.681. The van der Waals surface area contributed by atoms with E-state index in [1.165, 1.54) is 6.07 Å². The van der Waals surface area contributed by atoms with Gasteiger partial charge in [0, 0.05) is 11.1 Å². The van der Waals surface area contributed by atoms with Crippen LogP contribution in [0, 0.1) is 0 Å². The van der Waals surface area contributed by atoms with Gasteiger partial charge in [-0.2, -0.15) is 13.2 Å². The van der Waals surface area contributed by atoms with Crippen LogP contribution in [0.1, 0.15) is 5.56 Å². The van der Waals surface area contributed by atoms with Crippen LogP contribution in [0.4, 0.5) is 13.2 Å². The zero-order valence-electron chi connectivity index (χ0n) is 9.34. The molecule has 0 saturated carbocycles. The van der Waals surface area contributed by atoms with Gasteiger partial charge in [0.2, 0.25) is 0 Å². The molecule has 1 nitrogen and oxygen atoms in total. The highest BCUT2D eigenvalue weighted by Gasteiger charge is 2.33. The average molecular weight is 307 g/mol. The Bertz CT molecular complexity index is 579. The van der Waals surface area contributed by atoms with Gasteiger partial charge >= 0.3 is 6.18 Å². The van der Waals surface area contributed by atoms with Crippen molar-refractivity contribution < 1.29 is 17.9 Å². The number of halogens is 5. The highest BCUT2D eigenvalue weighted by Crippen LogP contribution is 2.37. The first kappa shape index (κ1) is 14.0. The summed E-state index contributed by atoms with van der Waals surface area (Å²) in [6.07, 6.45) is -4.48. The van der Waals surface area contributed by atoms with Crippen molar-refractivity contribution in [1.29, 1.82) is 0 Å². The molecule has 0 radical (unpaired) electrons. The Morgan fingerprint density at radius 3 is 1.95 bits per heavy atom. The van der Waals surface area contributed by atoms with Gasteiger partial charge in [-0.25, -0.2) is 0 Å². The third-order valence-electron chi connectivity index (χ3n) is 2.30. The van der Waals surface area contributed by atoms with Crippen molar-refractivity contribution in [2.75, 3.05) is 0 Å². The lowest BCUT2D eigenvalue weighted by Gasteiger charge is -2.11. The van der Waals surface area contributed by atoms with Crippen LogP contribution in [0.15, 0.2) is 42.5 Å². The molecule has 0 spiro atoms. The van der Waals surface area contributed by atoms with Gasteiger partial charge in [0.15, 0.2) is 0 Å². The van der Waals surface area contributed by atoms with Crippen LogP contribution in [0.5, 0.6) is 11.5 Å². The molecule has 2 aromatic carbocycles. The Labute approximate surface area is 117 Å². The van der Waals surface area contributed by atoms with Gasteiger partial charge < -0.3 is 4.74 Å². The number of hydrogen-bond acceptors (Lipinski definition) is 1. The average Bonchev–Trinajstić information content (AvgIpc) is 2.30. The van der Waals surface area contributed by atoms with E-state index in [2.05, 4.69) is 0 Å². The molecule has 0 aliphatic carbocycles. The Hall–Kier alpha value is -1.39. The number of benzene rings is 2. The SMILES string of the molecule is FC(F)(F)c1ccc(Oc2ccc(Cl)cc2)cc1Cl. The first-order chi connectivity index (χ1) is 8.86. The summed E-state index contributed by atoms with van der Waals surface area (Å²) in [6.45, 7) is 0. The van der Waals surface area contributed by atoms with Gasteiger partial charge in [0.1, 0.15) is 11.5 Å². The summed E-state index contributed by atoms with van der Waals surface area (Å²) in [7, 11) is 0. The summed E-state index contributed by atoms with van der Waals surface area (Å²) < 4.78 is 42.9. The number of rotatable bonds is 2. The molecule has 0 bridgehead atoms. The van der Waals surface area contributed by atoms with Gasteiger partial charge in [-0.05, 0) is 36.4 Å². The molecule has 0 saturated heterocycles. The van der Waals surface area contributed by atoms with Gasteiger partial charge in [-0.15, -0.1) is 0 Å². The zero-order chi connectivity index (χ0) is 14.0. The van der Waals surface area contributed by atoms with Crippen LogP contribution in [-0.4, -0.2) is 0 Å². The molecular weight excluding hydrogens is 300 g/mol. The molecule has 0 N–H and O–H groups in total. The lowest BCUT2D eigenvalue weighted by molar-refractivity contribution is -0.137. The van der Waals surface area contributed by atoms with E-state index in [4.69, 9.17) is 27.9 Å². The molecule has 2 rings (SSSR count). The maximum Gasteiger partial charge on any atom is 0.417 e. The van der Waals surface area contributed by atoms with Crippen molar-refractivity contribution in [1.82, 2.24) is 0 Å². The van der Waals surface area contributed by atoms with Crippen molar-refractivity contribution >= 4 is 23.2 Å². The summed E-state index contributed by atoms with van der Waals surface area (Å²) in [4.78, 5) is 0. The molecule has 0 unspecified atom stereocenters. The predicted octanol–water partition coefficient (Wildman–Crippen LogP) is 5.80. The molecule has 6 heteroatoms. The third-order valence-corrected chi connectivity index (χ3v) is 2.86. The number of hydrogen-bond donors (Lipinski definition) is 0. The van der Waals surface area contributed by atoms with E-state index in [0.29, 0.717) is 10.8 Å². The topological polar surface area (TPSA) is 9.23 Å². The predicted molar refractivity (Wildman–Crippen MR) is 68.0 cm³/mol. The van der Waals surface area contributed by atoms with Crippen LogP contribution in [0.3, 0.4) is 0 Å². The minimum atomic E-state index is -4.48. The smallest absolute Gasteiger partial charge is 0.417 e. The fraction of sp³-hybridized carbons (Fsp3) is 0.0769. The summed E-state index contributed by atoms with van der Waals surface area (Å²) in [5.41, 5.74) is -0.891. The Morgan fingerprint density at radius 2 is 1.42 bits per heavy atom. The molecule has 100 valence electrons. The molecule has 0 heterocycles. The molecule has 0 aromatic heterocycles. The van der Waals surface area contributed by atoms with E-state index >= 15 is 0 Å². The maximum absolute atomic E-state index is 12.5. The Balaban J connectivity index is 2.23. The van der Waals surface area contributed by atoms with Crippen LogP contribution in [-0.2, 0) is 6.18 Å². The normalized spacial score (nSPS) is 11.4. The van der Waals surface area contributed by atoms with Crippen molar-refractivity contribution in [3.8, 4) is 11.5 Å². The largest absolute Gasteiger partial charge is 0.457 e. The fourth-order valence-electron chi connectivity index (χ4n) is 1.43. The molecular formula is C13H7Cl2F3O. The minimum Gasteiger partial charge on any atom is -0.457 e. The fourth-order valence-corrected chi connectivity index (χ4v) is 1.83. The maximum atomic E-state index is 12.5. The second-order valence-corrected chi connectivity index (χ2v) is 4.54. The monoisotopic (exact) mass is 306 g/mol. The van der Waals surface area contributed by atoms with Crippen molar-refractivity contribution in [3.05, 3.63) is 58.1 Å². The van der Waals surface area contributed by atoms with Crippen LogP contribution < -0.4 is 4.74 Å². The lowest BCUT2D eigenvalue weighted by Crippen LogP contribution is -2.05. The Kier molecular flexibility index (Phi) is 3.92. The van der Waals surface area contributed by atoms with E-state index in [1.54, 1.807) is 24.3 Å². The molecule has 2 aromatic rings. The molecule has 19 heavy (non-hydrogen) atoms. The molecule has 0 aliphatic heterocycles. The van der Waals surface area contributed by atoms with Crippen molar-refractivity contribution in [3.63, 3.8) is 0 Å². The highest BCUT2D eigenvalue weighted by atomic mass is 35.5. The van der Waals surface area contributed by atoms with Gasteiger partial charge in [0.25, 0.3) is 0 Å². The first-order valence-corrected chi connectivity index (χ1v) is 5.92. The zero-order valence-corrected chi connectivity index (χ0v) is 10.9. The van der Waals surface area contributed by atoms with Crippen LogP contribution in [0.25, 0.3) is 0 Å². The van der Waals surface area contributed by atoms with E-state index in [1.807, 2.05) is 0 Å².